The lowest BCUT2D eigenvalue weighted by molar-refractivity contribution is -0.150. The molecule has 17 heavy (non-hydrogen) atoms. The second-order valence-electron chi connectivity index (χ2n) is 6.08. The molecular formula is C13H21NO3. The molecule has 0 unspecified atom stereocenters. The summed E-state index contributed by atoms with van der Waals surface area (Å²) in [5, 5.41) is 0. The summed E-state index contributed by atoms with van der Waals surface area (Å²) in [6.07, 6.45) is 4.52. The minimum absolute atomic E-state index is 0.211. The molecule has 0 atom stereocenters. The van der Waals surface area contributed by atoms with E-state index in [2.05, 4.69) is 0 Å². The molecule has 0 aromatic carbocycles. The number of nitrogens with zero attached hydrogens (tertiary/aromatic N) is 1. The molecule has 1 saturated carbocycles. The number of ether oxygens (including phenoxy) is 1. The second kappa shape index (κ2) is 4.00. The Bertz CT molecular complexity index is 337. The maximum absolute atomic E-state index is 12.0. The highest BCUT2D eigenvalue weighted by molar-refractivity contribution is 6.01. The number of carbonyl (C=O) groups is 2. The van der Waals surface area contributed by atoms with E-state index in [1.807, 2.05) is 20.8 Å². The summed E-state index contributed by atoms with van der Waals surface area (Å²) in [6.45, 7) is 5.77. The van der Waals surface area contributed by atoms with Crippen molar-refractivity contribution in [2.24, 2.45) is 0 Å². The molecule has 0 aromatic rings. The molecule has 2 rings (SSSR count). The lowest BCUT2D eigenvalue weighted by atomic mass is 9.72. The van der Waals surface area contributed by atoms with Crippen molar-refractivity contribution in [3.63, 3.8) is 0 Å². The number of hydrogen-bond acceptors (Lipinski definition) is 3. The molecule has 0 radical (unpaired) electrons. The third-order valence-corrected chi connectivity index (χ3v) is 3.63. The average molecular weight is 239 g/mol. The van der Waals surface area contributed by atoms with Crippen LogP contribution in [0.25, 0.3) is 0 Å². The Morgan fingerprint density at radius 1 is 1.24 bits per heavy atom. The van der Waals surface area contributed by atoms with Crippen LogP contribution in [0.15, 0.2) is 0 Å². The van der Waals surface area contributed by atoms with Gasteiger partial charge in [-0.25, -0.2) is 4.79 Å². The highest BCUT2D eigenvalue weighted by Crippen LogP contribution is 2.41. The molecule has 0 bridgehead atoms. The largest absolute Gasteiger partial charge is 0.444 e. The van der Waals surface area contributed by atoms with E-state index in [-0.39, 0.29) is 18.4 Å². The molecule has 4 heteroatoms. The van der Waals surface area contributed by atoms with Crippen LogP contribution in [0.1, 0.15) is 52.9 Å². The van der Waals surface area contributed by atoms with E-state index in [0.717, 1.165) is 32.1 Å². The Kier molecular flexibility index (Phi) is 2.92. The SMILES string of the molecule is CC(C)(C)OC(=O)N1CC(=O)C12CCCCC2. The Labute approximate surface area is 102 Å². The van der Waals surface area contributed by atoms with Crippen LogP contribution in [0.2, 0.25) is 0 Å². The van der Waals surface area contributed by atoms with Crippen molar-refractivity contribution in [1.82, 2.24) is 4.90 Å². The highest BCUT2D eigenvalue weighted by atomic mass is 16.6. The van der Waals surface area contributed by atoms with Gasteiger partial charge >= 0.3 is 6.09 Å². The van der Waals surface area contributed by atoms with Crippen molar-refractivity contribution in [2.75, 3.05) is 6.54 Å². The van der Waals surface area contributed by atoms with Gasteiger partial charge in [0.25, 0.3) is 0 Å². The maximum Gasteiger partial charge on any atom is 0.411 e. The number of ketones is 1. The van der Waals surface area contributed by atoms with Gasteiger partial charge in [0, 0.05) is 0 Å². The molecule has 1 saturated heterocycles. The minimum Gasteiger partial charge on any atom is -0.444 e. The highest BCUT2D eigenvalue weighted by Gasteiger charge is 2.56. The third kappa shape index (κ3) is 2.17. The predicted octanol–water partition coefficient (Wildman–Crippen LogP) is 2.51. The standard InChI is InChI=1S/C13H21NO3/c1-12(2,3)17-11(16)14-9-10(15)13(14)7-5-4-6-8-13/h4-9H2,1-3H3. The monoisotopic (exact) mass is 239 g/mol. The number of amides is 1. The fraction of sp³-hybridized carbons (Fsp3) is 0.846. The Balaban J connectivity index is 2.07. The summed E-state index contributed by atoms with van der Waals surface area (Å²) in [4.78, 5) is 25.5. The molecule has 2 aliphatic rings. The normalized spacial score (nSPS) is 23.5. The van der Waals surface area contributed by atoms with E-state index < -0.39 is 11.1 Å². The molecule has 4 nitrogen and oxygen atoms in total. The smallest absolute Gasteiger partial charge is 0.411 e. The summed E-state index contributed by atoms with van der Waals surface area (Å²) < 4.78 is 5.35. The molecule has 2 fully saturated rings. The molecule has 0 aromatic heterocycles. The van der Waals surface area contributed by atoms with E-state index in [4.69, 9.17) is 4.74 Å². The van der Waals surface area contributed by atoms with Crippen LogP contribution in [0.3, 0.4) is 0 Å². The van der Waals surface area contributed by atoms with E-state index in [1.165, 1.54) is 0 Å². The van der Waals surface area contributed by atoms with Crippen LogP contribution in [0.4, 0.5) is 4.79 Å². The average Bonchev–Trinajstić information content (AvgIpc) is 2.24. The lowest BCUT2D eigenvalue weighted by Gasteiger charge is -2.52. The first kappa shape index (κ1) is 12.4. The summed E-state index contributed by atoms with van der Waals surface area (Å²) in [7, 11) is 0. The number of likely N-dealkylation sites (tertiary alicyclic amines) is 1. The third-order valence-electron chi connectivity index (χ3n) is 3.63. The zero-order chi connectivity index (χ0) is 12.7. The first-order valence-electron chi connectivity index (χ1n) is 6.39. The lowest BCUT2D eigenvalue weighted by Crippen LogP contribution is -2.70. The Hall–Kier alpha value is -1.06. The van der Waals surface area contributed by atoms with Gasteiger partial charge in [0.05, 0.1) is 6.54 Å². The van der Waals surface area contributed by atoms with E-state index >= 15 is 0 Å². The van der Waals surface area contributed by atoms with Crippen molar-refractivity contribution in [1.29, 1.82) is 0 Å². The first-order valence-corrected chi connectivity index (χ1v) is 6.39. The van der Waals surface area contributed by atoms with Crippen molar-refractivity contribution >= 4 is 11.9 Å². The predicted molar refractivity (Wildman–Crippen MR) is 63.8 cm³/mol. The molecule has 1 heterocycles. The topological polar surface area (TPSA) is 46.6 Å². The van der Waals surface area contributed by atoms with Crippen LogP contribution in [-0.2, 0) is 9.53 Å². The van der Waals surface area contributed by atoms with E-state index in [1.54, 1.807) is 4.90 Å². The Morgan fingerprint density at radius 2 is 1.82 bits per heavy atom. The van der Waals surface area contributed by atoms with Crippen molar-refractivity contribution in [3.8, 4) is 0 Å². The van der Waals surface area contributed by atoms with Gasteiger partial charge in [0.15, 0.2) is 5.78 Å². The quantitative estimate of drug-likeness (QED) is 0.652. The van der Waals surface area contributed by atoms with Crippen molar-refractivity contribution < 1.29 is 14.3 Å². The number of hydrogen-bond donors (Lipinski definition) is 0. The van der Waals surface area contributed by atoms with Crippen LogP contribution in [0, 0.1) is 0 Å². The molecule has 1 spiro atoms. The number of rotatable bonds is 0. The Morgan fingerprint density at radius 3 is 2.29 bits per heavy atom. The van der Waals surface area contributed by atoms with Crippen LogP contribution < -0.4 is 0 Å². The fourth-order valence-corrected chi connectivity index (χ4v) is 2.74. The first-order chi connectivity index (χ1) is 7.85. The summed E-state index contributed by atoms with van der Waals surface area (Å²) in [5.74, 6) is 0.211. The zero-order valence-electron chi connectivity index (χ0n) is 10.9. The van der Waals surface area contributed by atoms with Gasteiger partial charge in [-0.15, -0.1) is 0 Å². The van der Waals surface area contributed by atoms with Crippen LogP contribution in [-0.4, -0.2) is 34.5 Å². The summed E-state index contributed by atoms with van der Waals surface area (Å²) in [5.41, 5.74) is -1.01. The van der Waals surface area contributed by atoms with Gasteiger partial charge in [-0.2, -0.15) is 0 Å². The molecule has 1 aliphatic heterocycles. The summed E-state index contributed by atoms with van der Waals surface area (Å²) in [6, 6.07) is 0. The van der Waals surface area contributed by atoms with Crippen LogP contribution in [0.5, 0.6) is 0 Å². The van der Waals surface area contributed by atoms with Gasteiger partial charge in [0.1, 0.15) is 11.1 Å². The zero-order valence-corrected chi connectivity index (χ0v) is 10.9. The molecule has 0 N–H and O–H groups in total. The van der Waals surface area contributed by atoms with Gasteiger partial charge in [-0.05, 0) is 33.6 Å². The van der Waals surface area contributed by atoms with Gasteiger partial charge in [-0.3, -0.25) is 9.69 Å². The van der Waals surface area contributed by atoms with Gasteiger partial charge in [-0.1, -0.05) is 19.3 Å². The number of carbonyl (C=O) groups excluding carboxylic acids is 2. The molecule has 1 amide bonds. The fourth-order valence-electron chi connectivity index (χ4n) is 2.74. The minimum atomic E-state index is -0.513. The van der Waals surface area contributed by atoms with Gasteiger partial charge in [0.2, 0.25) is 0 Å². The summed E-state index contributed by atoms with van der Waals surface area (Å²) >= 11 is 0. The van der Waals surface area contributed by atoms with Crippen molar-refractivity contribution in [2.45, 2.75) is 64.0 Å². The molecular weight excluding hydrogens is 218 g/mol. The van der Waals surface area contributed by atoms with Crippen LogP contribution >= 0.6 is 0 Å². The van der Waals surface area contributed by atoms with Gasteiger partial charge < -0.3 is 4.74 Å². The van der Waals surface area contributed by atoms with E-state index in [9.17, 15) is 9.59 Å². The molecule has 96 valence electrons. The van der Waals surface area contributed by atoms with E-state index in [0.29, 0.717) is 0 Å². The second-order valence-corrected chi connectivity index (χ2v) is 6.08. The molecule has 1 aliphatic carbocycles. The van der Waals surface area contributed by atoms with Crippen molar-refractivity contribution in [3.05, 3.63) is 0 Å². The number of Topliss-reactive ketones (excluding diaryl/α,β-unsaturated/α-hetero) is 1. The maximum atomic E-state index is 12.0.